The van der Waals surface area contributed by atoms with E-state index in [4.69, 9.17) is 9.97 Å². The van der Waals surface area contributed by atoms with E-state index in [-0.39, 0.29) is 0 Å². The van der Waals surface area contributed by atoms with Gasteiger partial charge >= 0.3 is 0 Å². The second-order valence-corrected chi connectivity index (χ2v) is 8.40. The van der Waals surface area contributed by atoms with Crippen molar-refractivity contribution in [3.63, 3.8) is 0 Å². The zero-order chi connectivity index (χ0) is 15.9. The van der Waals surface area contributed by atoms with E-state index in [2.05, 4.69) is 53.4 Å². The standard InChI is InChI=1S/C19H17N3S2/c1-3-9-16-13(6-1)20-18(23-16)12-22-11-5-8-15(22)19-21-14-7-2-4-10-17(14)24-19/h1-4,6-7,9-10,15H,5,8,11-12H2. The van der Waals surface area contributed by atoms with Crippen LogP contribution in [0.3, 0.4) is 0 Å². The highest BCUT2D eigenvalue weighted by Crippen LogP contribution is 2.37. The van der Waals surface area contributed by atoms with Crippen molar-refractivity contribution >= 4 is 43.1 Å². The first-order chi connectivity index (χ1) is 11.9. The molecule has 0 amide bonds. The van der Waals surface area contributed by atoms with Gasteiger partial charge in [-0.15, -0.1) is 22.7 Å². The fraction of sp³-hybridized carbons (Fsp3) is 0.263. The van der Waals surface area contributed by atoms with Gasteiger partial charge in [0.05, 0.1) is 33.0 Å². The maximum absolute atomic E-state index is 4.89. The predicted molar refractivity (Wildman–Crippen MR) is 102 cm³/mol. The van der Waals surface area contributed by atoms with Crippen LogP contribution in [-0.4, -0.2) is 21.4 Å². The van der Waals surface area contributed by atoms with Crippen molar-refractivity contribution in [1.82, 2.24) is 14.9 Å². The number of benzene rings is 2. The molecule has 1 saturated heterocycles. The van der Waals surface area contributed by atoms with Gasteiger partial charge in [0.15, 0.2) is 0 Å². The summed E-state index contributed by atoms with van der Waals surface area (Å²) in [4.78, 5) is 12.2. The summed E-state index contributed by atoms with van der Waals surface area (Å²) < 4.78 is 2.57. The fourth-order valence-corrected chi connectivity index (χ4v) is 5.62. The lowest BCUT2D eigenvalue weighted by Gasteiger charge is -2.21. The van der Waals surface area contributed by atoms with Crippen LogP contribution >= 0.6 is 22.7 Å². The predicted octanol–water partition coefficient (Wildman–Crippen LogP) is 5.24. The molecule has 4 aromatic rings. The van der Waals surface area contributed by atoms with Crippen molar-refractivity contribution in [2.45, 2.75) is 25.4 Å². The number of thiazole rings is 2. The molecule has 3 heterocycles. The normalized spacial score (nSPS) is 18.8. The molecule has 0 N–H and O–H groups in total. The first-order valence-electron chi connectivity index (χ1n) is 8.31. The SMILES string of the molecule is c1ccc2sc(CN3CCCC3c3nc4ccccc4s3)nc2c1. The molecule has 5 rings (SSSR count). The van der Waals surface area contributed by atoms with Gasteiger partial charge in [-0.2, -0.15) is 0 Å². The van der Waals surface area contributed by atoms with Crippen LogP contribution in [0, 0.1) is 0 Å². The highest BCUT2D eigenvalue weighted by molar-refractivity contribution is 7.19. The minimum absolute atomic E-state index is 0.439. The zero-order valence-corrected chi connectivity index (χ0v) is 14.8. The summed E-state index contributed by atoms with van der Waals surface area (Å²) in [6, 6.07) is 17.3. The first kappa shape index (κ1) is 14.5. The van der Waals surface area contributed by atoms with E-state index in [1.807, 2.05) is 22.7 Å². The van der Waals surface area contributed by atoms with E-state index >= 15 is 0 Å². The molecule has 2 aromatic carbocycles. The molecule has 0 radical (unpaired) electrons. The van der Waals surface area contributed by atoms with Crippen molar-refractivity contribution in [2.75, 3.05) is 6.54 Å². The monoisotopic (exact) mass is 351 g/mol. The van der Waals surface area contributed by atoms with E-state index < -0.39 is 0 Å². The Hall–Kier alpha value is -1.82. The minimum atomic E-state index is 0.439. The maximum Gasteiger partial charge on any atom is 0.111 e. The molecule has 24 heavy (non-hydrogen) atoms. The molecule has 120 valence electrons. The molecule has 5 heteroatoms. The summed E-state index contributed by atoms with van der Waals surface area (Å²) in [6.45, 7) is 2.07. The van der Waals surface area contributed by atoms with E-state index in [9.17, 15) is 0 Å². The molecular formula is C19H17N3S2. The molecular weight excluding hydrogens is 334 g/mol. The van der Waals surface area contributed by atoms with E-state index in [0.29, 0.717) is 6.04 Å². The van der Waals surface area contributed by atoms with Crippen LogP contribution in [0.25, 0.3) is 20.4 Å². The second-order valence-electron chi connectivity index (χ2n) is 6.22. The van der Waals surface area contributed by atoms with Crippen LogP contribution in [0.15, 0.2) is 48.5 Å². The maximum atomic E-state index is 4.89. The second kappa shape index (κ2) is 5.92. The third-order valence-corrected chi connectivity index (χ3v) is 6.79. The average molecular weight is 352 g/mol. The lowest BCUT2D eigenvalue weighted by molar-refractivity contribution is 0.248. The molecule has 3 nitrogen and oxygen atoms in total. The number of hydrogen-bond donors (Lipinski definition) is 0. The van der Waals surface area contributed by atoms with Crippen LogP contribution in [-0.2, 0) is 6.54 Å². The van der Waals surface area contributed by atoms with Gasteiger partial charge in [0.2, 0.25) is 0 Å². The lowest BCUT2D eigenvalue weighted by atomic mass is 10.2. The molecule has 1 unspecified atom stereocenters. The quantitative estimate of drug-likeness (QED) is 0.505. The van der Waals surface area contributed by atoms with Gasteiger partial charge in [-0.1, -0.05) is 24.3 Å². The number of para-hydroxylation sites is 2. The van der Waals surface area contributed by atoms with Crippen LogP contribution in [0.4, 0.5) is 0 Å². The minimum Gasteiger partial charge on any atom is -0.287 e. The molecule has 1 atom stereocenters. The molecule has 0 spiro atoms. The Bertz CT molecular complexity index is 938. The third kappa shape index (κ3) is 2.53. The largest absolute Gasteiger partial charge is 0.287 e. The van der Waals surface area contributed by atoms with Crippen molar-refractivity contribution in [3.05, 3.63) is 58.5 Å². The Balaban J connectivity index is 1.44. The van der Waals surface area contributed by atoms with Gasteiger partial charge in [-0.25, -0.2) is 9.97 Å². The van der Waals surface area contributed by atoms with Crippen molar-refractivity contribution in [2.24, 2.45) is 0 Å². The van der Waals surface area contributed by atoms with Gasteiger partial charge < -0.3 is 0 Å². The Morgan fingerprint density at radius 2 is 1.62 bits per heavy atom. The van der Waals surface area contributed by atoms with Gasteiger partial charge in [-0.05, 0) is 43.7 Å². The number of likely N-dealkylation sites (tertiary alicyclic amines) is 1. The number of hydrogen-bond acceptors (Lipinski definition) is 5. The Labute approximate surface area is 148 Å². The topological polar surface area (TPSA) is 29.0 Å². The van der Waals surface area contributed by atoms with Crippen molar-refractivity contribution < 1.29 is 0 Å². The van der Waals surface area contributed by atoms with Gasteiger partial charge in [0.1, 0.15) is 10.0 Å². The van der Waals surface area contributed by atoms with Gasteiger partial charge in [-0.3, -0.25) is 4.90 Å². The van der Waals surface area contributed by atoms with Crippen LogP contribution < -0.4 is 0 Å². The summed E-state index contributed by atoms with van der Waals surface area (Å²) in [5.74, 6) is 0. The molecule has 2 aromatic heterocycles. The Morgan fingerprint density at radius 1 is 0.917 bits per heavy atom. The van der Waals surface area contributed by atoms with Crippen LogP contribution in [0.1, 0.15) is 28.9 Å². The highest BCUT2D eigenvalue weighted by Gasteiger charge is 2.29. The summed E-state index contributed by atoms with van der Waals surface area (Å²) in [5.41, 5.74) is 2.25. The van der Waals surface area contributed by atoms with Gasteiger partial charge in [0, 0.05) is 0 Å². The molecule has 1 aliphatic rings. The highest BCUT2D eigenvalue weighted by atomic mass is 32.1. The van der Waals surface area contributed by atoms with Gasteiger partial charge in [0.25, 0.3) is 0 Å². The zero-order valence-electron chi connectivity index (χ0n) is 13.2. The summed E-state index contributed by atoms with van der Waals surface area (Å²) in [6.07, 6.45) is 2.44. The number of fused-ring (bicyclic) bond motifs is 2. The fourth-order valence-electron chi connectivity index (χ4n) is 3.49. The van der Waals surface area contributed by atoms with E-state index in [0.717, 1.165) is 24.1 Å². The molecule has 0 saturated carbocycles. The summed E-state index contributed by atoms with van der Waals surface area (Å²) >= 11 is 3.66. The van der Waals surface area contributed by atoms with E-state index in [1.165, 1.54) is 32.3 Å². The molecule has 0 bridgehead atoms. The average Bonchev–Trinajstić information content (AvgIpc) is 3.31. The summed E-state index contributed by atoms with van der Waals surface area (Å²) in [7, 11) is 0. The number of rotatable bonds is 3. The number of nitrogens with zero attached hydrogens (tertiary/aromatic N) is 3. The Morgan fingerprint density at radius 3 is 2.38 bits per heavy atom. The molecule has 1 fully saturated rings. The van der Waals surface area contributed by atoms with E-state index in [1.54, 1.807) is 0 Å². The lowest BCUT2D eigenvalue weighted by Crippen LogP contribution is -2.22. The van der Waals surface area contributed by atoms with Crippen molar-refractivity contribution in [3.8, 4) is 0 Å². The first-order valence-corrected chi connectivity index (χ1v) is 9.94. The van der Waals surface area contributed by atoms with Crippen molar-refractivity contribution in [1.29, 1.82) is 0 Å². The summed E-state index contributed by atoms with van der Waals surface area (Å²) in [5, 5.41) is 2.47. The van der Waals surface area contributed by atoms with Crippen LogP contribution in [0.5, 0.6) is 0 Å². The third-order valence-electron chi connectivity index (χ3n) is 4.64. The number of aromatic nitrogens is 2. The van der Waals surface area contributed by atoms with Crippen LogP contribution in [0.2, 0.25) is 0 Å². The smallest absolute Gasteiger partial charge is 0.111 e. The molecule has 0 aliphatic carbocycles. The Kier molecular flexibility index (Phi) is 3.58. The molecule has 1 aliphatic heterocycles.